The first kappa shape index (κ1) is 20.3. The molecule has 0 spiro atoms. The van der Waals surface area contributed by atoms with Gasteiger partial charge in [-0.05, 0) is 49.9 Å². The first-order valence-electron chi connectivity index (χ1n) is 9.89. The summed E-state index contributed by atoms with van der Waals surface area (Å²) in [6.07, 6.45) is 4.10. The fourth-order valence-electron chi connectivity index (χ4n) is 6.62. The lowest BCUT2D eigenvalue weighted by molar-refractivity contribution is -0.275. The zero-order valence-electron chi connectivity index (χ0n) is 17.1. The molecular weight excluding hydrogens is 346 g/mol. The first-order valence-corrected chi connectivity index (χ1v) is 9.89. The van der Waals surface area contributed by atoms with Gasteiger partial charge in [0.05, 0.1) is 11.5 Å². The summed E-state index contributed by atoms with van der Waals surface area (Å²) in [5.74, 6) is -0.00384. The summed E-state index contributed by atoms with van der Waals surface area (Å²) in [6, 6.07) is 0. The number of fused-ring (bicyclic) bond motifs is 3. The number of rotatable bonds is 2. The Morgan fingerprint density at radius 1 is 1.30 bits per heavy atom. The van der Waals surface area contributed by atoms with Crippen molar-refractivity contribution in [1.29, 1.82) is 0 Å². The number of amides is 1. The van der Waals surface area contributed by atoms with Gasteiger partial charge in [0.1, 0.15) is 17.5 Å². The summed E-state index contributed by atoms with van der Waals surface area (Å²) in [5, 5.41) is 8.98. The van der Waals surface area contributed by atoms with Crippen molar-refractivity contribution in [3.63, 3.8) is 0 Å². The van der Waals surface area contributed by atoms with Crippen molar-refractivity contribution >= 4 is 11.9 Å². The fourth-order valence-corrected chi connectivity index (χ4v) is 6.62. The molecule has 27 heavy (non-hydrogen) atoms. The van der Waals surface area contributed by atoms with Crippen molar-refractivity contribution in [3.8, 4) is 0 Å². The third-order valence-electron chi connectivity index (χ3n) is 7.67. The third kappa shape index (κ3) is 3.01. The van der Waals surface area contributed by atoms with Crippen molar-refractivity contribution in [2.24, 2.45) is 22.7 Å². The van der Waals surface area contributed by atoms with E-state index < -0.39 is 23.4 Å². The highest BCUT2D eigenvalue weighted by atomic mass is 16.6. The highest BCUT2D eigenvalue weighted by Crippen LogP contribution is 2.65. The normalized spacial score (nSPS) is 46.0. The summed E-state index contributed by atoms with van der Waals surface area (Å²) < 4.78 is 12.1. The molecule has 3 rings (SSSR count). The van der Waals surface area contributed by atoms with Crippen molar-refractivity contribution in [2.75, 3.05) is 0 Å². The van der Waals surface area contributed by atoms with Gasteiger partial charge in [0.2, 0.25) is 0 Å². The second kappa shape index (κ2) is 6.31. The molecule has 152 valence electrons. The van der Waals surface area contributed by atoms with Crippen LogP contribution in [0, 0.1) is 22.7 Å². The number of nitrogens with one attached hydrogen (secondary N) is 1. The van der Waals surface area contributed by atoms with Crippen LogP contribution >= 0.6 is 0 Å². The van der Waals surface area contributed by atoms with Gasteiger partial charge in [0.15, 0.2) is 0 Å². The average molecular weight is 379 g/mol. The Kier molecular flexibility index (Phi) is 4.75. The van der Waals surface area contributed by atoms with Crippen LogP contribution in [-0.4, -0.2) is 34.4 Å². The molecule has 2 saturated carbocycles. The molecule has 0 aromatic rings. The lowest BCUT2D eigenvalue weighted by Gasteiger charge is -2.65. The first-order chi connectivity index (χ1) is 12.4. The number of hydrogen-bond donors (Lipinski definition) is 2. The minimum atomic E-state index is -0.969. The van der Waals surface area contributed by atoms with Crippen LogP contribution in [0.25, 0.3) is 0 Å². The molecule has 0 aromatic carbocycles. The molecule has 2 N–H and O–H groups in total. The molecule has 6 heteroatoms. The predicted molar refractivity (Wildman–Crippen MR) is 100 cm³/mol. The largest absolute Gasteiger partial charge is 0.442 e. The van der Waals surface area contributed by atoms with Crippen LogP contribution in [-0.2, 0) is 14.3 Å². The third-order valence-corrected chi connectivity index (χ3v) is 7.67. The minimum Gasteiger partial charge on any atom is -0.442 e. The smallest absolute Gasteiger partial charge is 0.431 e. The topological polar surface area (TPSA) is 84.9 Å². The number of ether oxygens (including phenoxy) is 2. The second-order valence-electron chi connectivity index (χ2n) is 10.0. The van der Waals surface area contributed by atoms with E-state index in [9.17, 15) is 9.59 Å². The van der Waals surface area contributed by atoms with E-state index in [-0.39, 0.29) is 34.9 Å². The lowest BCUT2D eigenvalue weighted by Crippen LogP contribution is -2.71. The maximum absolute atomic E-state index is 13.4. The highest BCUT2D eigenvalue weighted by molar-refractivity contribution is 5.85. The molecular formula is C21H33NO5. The van der Waals surface area contributed by atoms with Crippen molar-refractivity contribution < 1.29 is 24.3 Å². The van der Waals surface area contributed by atoms with Gasteiger partial charge in [0.25, 0.3) is 0 Å². The Bertz CT molecular complexity index is 661. The Hall–Kier alpha value is -1.40. The molecule has 1 amide bonds. The quantitative estimate of drug-likeness (QED) is 0.430. The SMILES string of the molecule is C=C[C@@]1(C)CC(=O)[C@@H]2[C@@]3(C)CCCC(C)(C)[C@@H]3C[C@H](OC(=O)NO)[C@@]2(C)O1. The van der Waals surface area contributed by atoms with Crippen molar-refractivity contribution in [2.45, 2.75) is 84.0 Å². The van der Waals surface area contributed by atoms with E-state index in [1.807, 2.05) is 13.8 Å². The number of carbonyl (C=O) groups is 2. The summed E-state index contributed by atoms with van der Waals surface area (Å²) in [6.45, 7) is 14.3. The molecule has 0 radical (unpaired) electrons. The molecule has 6 nitrogen and oxygen atoms in total. The van der Waals surface area contributed by atoms with E-state index in [0.29, 0.717) is 6.42 Å². The second-order valence-corrected chi connectivity index (χ2v) is 10.0. The van der Waals surface area contributed by atoms with E-state index in [4.69, 9.17) is 14.7 Å². The van der Waals surface area contributed by atoms with Crippen LogP contribution in [0.3, 0.4) is 0 Å². The Labute approximate surface area is 161 Å². The van der Waals surface area contributed by atoms with Crippen LogP contribution in [0.5, 0.6) is 0 Å². The Balaban J connectivity index is 2.11. The molecule has 0 bridgehead atoms. The minimum absolute atomic E-state index is 0.0328. The van der Waals surface area contributed by atoms with Gasteiger partial charge >= 0.3 is 6.09 Å². The Morgan fingerprint density at radius 3 is 2.56 bits per heavy atom. The maximum atomic E-state index is 13.4. The van der Waals surface area contributed by atoms with Gasteiger partial charge in [-0.15, -0.1) is 6.58 Å². The summed E-state index contributed by atoms with van der Waals surface area (Å²) in [4.78, 5) is 25.3. The molecule has 0 aromatic heterocycles. The Morgan fingerprint density at radius 2 is 1.96 bits per heavy atom. The highest BCUT2D eigenvalue weighted by Gasteiger charge is 2.68. The lowest BCUT2D eigenvalue weighted by atomic mass is 9.43. The van der Waals surface area contributed by atoms with Crippen molar-refractivity contribution in [3.05, 3.63) is 12.7 Å². The number of carbonyl (C=O) groups excluding carboxylic acids is 2. The zero-order chi connectivity index (χ0) is 20.3. The van der Waals surface area contributed by atoms with E-state index in [1.165, 1.54) is 0 Å². The van der Waals surface area contributed by atoms with E-state index in [0.717, 1.165) is 19.3 Å². The van der Waals surface area contributed by atoms with Crippen LogP contribution in [0.4, 0.5) is 4.79 Å². The van der Waals surface area contributed by atoms with E-state index in [2.05, 4.69) is 27.4 Å². The molecule has 3 aliphatic rings. The number of hydroxylamine groups is 1. The van der Waals surface area contributed by atoms with Crippen LogP contribution in [0.1, 0.15) is 66.7 Å². The summed E-state index contributed by atoms with van der Waals surface area (Å²) in [5.41, 5.74) is -0.400. The van der Waals surface area contributed by atoms with E-state index in [1.54, 1.807) is 11.6 Å². The molecule has 3 fully saturated rings. The van der Waals surface area contributed by atoms with Crippen LogP contribution in [0.2, 0.25) is 0 Å². The number of ketones is 1. The number of Topliss-reactive ketones (excluding diaryl/α,β-unsaturated/α-hetero) is 1. The molecule has 6 atom stereocenters. The van der Waals surface area contributed by atoms with Gasteiger partial charge in [-0.1, -0.05) is 33.3 Å². The van der Waals surface area contributed by atoms with Gasteiger partial charge in [-0.2, -0.15) is 0 Å². The summed E-state index contributed by atoms with van der Waals surface area (Å²) >= 11 is 0. The van der Waals surface area contributed by atoms with E-state index >= 15 is 0 Å². The molecule has 1 aliphatic heterocycles. The fraction of sp³-hybridized carbons (Fsp3) is 0.810. The zero-order valence-corrected chi connectivity index (χ0v) is 17.1. The molecule has 2 aliphatic carbocycles. The van der Waals surface area contributed by atoms with Crippen LogP contribution in [0.15, 0.2) is 12.7 Å². The van der Waals surface area contributed by atoms with Crippen LogP contribution < -0.4 is 5.48 Å². The molecule has 1 heterocycles. The maximum Gasteiger partial charge on any atom is 0.431 e. The summed E-state index contributed by atoms with van der Waals surface area (Å²) in [7, 11) is 0. The number of hydrogen-bond acceptors (Lipinski definition) is 5. The van der Waals surface area contributed by atoms with Gasteiger partial charge in [0, 0.05) is 6.42 Å². The van der Waals surface area contributed by atoms with Gasteiger partial charge < -0.3 is 9.47 Å². The van der Waals surface area contributed by atoms with Crippen molar-refractivity contribution in [1.82, 2.24) is 5.48 Å². The van der Waals surface area contributed by atoms with Gasteiger partial charge in [-0.3, -0.25) is 10.0 Å². The monoisotopic (exact) mass is 379 g/mol. The van der Waals surface area contributed by atoms with Gasteiger partial charge in [-0.25, -0.2) is 10.3 Å². The predicted octanol–water partition coefficient (Wildman–Crippen LogP) is 4.02. The average Bonchev–Trinajstić information content (AvgIpc) is 2.55. The molecule has 1 saturated heterocycles. The standard InChI is InChI=1S/C21H33NO5/c1-7-19(4)12-13(23)16-20(5)10-8-9-18(2,3)14(20)11-15(21(16,6)27-19)26-17(24)22-25/h7,14-16,25H,1,8-12H2,2-6H3,(H,22,24)/t14-,15-,16+,19-,20-,21+/m0/s1. The molecule has 0 unspecified atom stereocenters.